The van der Waals surface area contributed by atoms with E-state index in [9.17, 15) is 29.1 Å². The molecule has 4 rings (SSSR count). The molecule has 13 nitrogen and oxygen atoms in total. The zero-order valence-electron chi connectivity index (χ0n) is 29.9. The number of carboxylic acid groups (broad SMARTS) is 1. The number of aliphatic carboxylic acids is 1. The fourth-order valence-corrected chi connectivity index (χ4v) is 6.03. The molecule has 3 N–H and O–H groups in total. The Morgan fingerprint density at radius 2 is 1.75 bits per heavy atom. The van der Waals surface area contributed by atoms with E-state index in [1.54, 1.807) is 77.4 Å². The molecule has 0 radical (unpaired) electrons. The van der Waals surface area contributed by atoms with E-state index in [0.29, 0.717) is 32.7 Å². The second kappa shape index (κ2) is 18.1. The number of pyridine rings is 1. The number of esters is 1. The summed E-state index contributed by atoms with van der Waals surface area (Å²) >= 11 is 1.35. The Labute approximate surface area is 306 Å². The molecule has 3 amide bonds. The molecule has 0 aliphatic heterocycles. The minimum atomic E-state index is -1.09. The summed E-state index contributed by atoms with van der Waals surface area (Å²) < 4.78 is 6.62. The van der Waals surface area contributed by atoms with Gasteiger partial charge in [0.2, 0.25) is 5.91 Å². The monoisotopic (exact) mass is 728 g/mol. The number of benzene rings is 2. The minimum Gasteiger partial charge on any atom is -0.481 e. The lowest BCUT2D eigenvalue weighted by Crippen LogP contribution is -2.42. The van der Waals surface area contributed by atoms with Crippen LogP contribution >= 0.6 is 11.8 Å². The first-order chi connectivity index (χ1) is 24.8. The number of amides is 3. The molecule has 0 saturated heterocycles. The van der Waals surface area contributed by atoms with Gasteiger partial charge in [-0.1, -0.05) is 36.9 Å². The number of ether oxygens (including phenoxy) is 1. The molecule has 0 aliphatic rings. The summed E-state index contributed by atoms with van der Waals surface area (Å²) in [5, 5.41) is 20.2. The van der Waals surface area contributed by atoms with Crippen LogP contribution in [0.15, 0.2) is 76.7 Å². The third-order valence-electron chi connectivity index (χ3n) is 7.73. The standard InChI is InChI=1S/C38H44N6O7S/c1-25(36(49)51-38(2,3)4)13-18-33(45)41-21-23-43(22-19-34(46)47)37(50)44-31-24-27(52-32-12-7-6-11-29(32)35(48)39-5)15-16-28(31)30(42-44)17-14-26-10-8-9-20-40-26/h6-12,14-17,20,24-25H,13,18-19,21-23H2,1-5H3,(H,39,48)(H,41,45)(H,46,47)/b17-14+/t25-/m0/s1. The van der Waals surface area contributed by atoms with Crippen LogP contribution in [0, 0.1) is 5.92 Å². The van der Waals surface area contributed by atoms with E-state index in [1.807, 2.05) is 36.4 Å². The van der Waals surface area contributed by atoms with Crippen molar-refractivity contribution in [2.24, 2.45) is 5.92 Å². The fraction of sp³-hybridized carbons (Fsp3) is 0.342. The maximum Gasteiger partial charge on any atom is 0.345 e. The van der Waals surface area contributed by atoms with Crippen LogP contribution in [-0.4, -0.2) is 86.8 Å². The van der Waals surface area contributed by atoms with Crippen molar-refractivity contribution in [3.63, 3.8) is 0 Å². The molecule has 0 bridgehead atoms. The normalized spacial score (nSPS) is 12.0. The van der Waals surface area contributed by atoms with Gasteiger partial charge in [-0.25, -0.2) is 4.79 Å². The van der Waals surface area contributed by atoms with Crippen molar-refractivity contribution >= 4 is 64.6 Å². The smallest absolute Gasteiger partial charge is 0.345 e. The average Bonchev–Trinajstić information content (AvgIpc) is 3.48. The Kier molecular flexibility index (Phi) is 13.7. The number of aromatic nitrogens is 3. The SMILES string of the molecule is CNC(=O)c1ccccc1Sc1ccc2c(/C=C/c3ccccn3)nn(C(=O)N(CCNC(=O)CC[C@H](C)C(=O)OC(C)(C)C)CCC(=O)O)c2c1. The number of hydrogen-bond acceptors (Lipinski definition) is 9. The Morgan fingerprint density at radius 1 is 1.00 bits per heavy atom. The zero-order chi connectivity index (χ0) is 37.8. The summed E-state index contributed by atoms with van der Waals surface area (Å²) in [6, 6.07) is 17.6. The molecule has 0 spiro atoms. The third-order valence-corrected chi connectivity index (χ3v) is 8.80. The molecule has 0 fully saturated rings. The molecule has 4 aromatic rings. The van der Waals surface area contributed by atoms with Crippen molar-refractivity contribution in [2.75, 3.05) is 26.7 Å². The van der Waals surface area contributed by atoms with E-state index in [4.69, 9.17) is 4.74 Å². The third kappa shape index (κ3) is 11.3. The lowest BCUT2D eigenvalue weighted by atomic mass is 10.0. The highest BCUT2D eigenvalue weighted by molar-refractivity contribution is 7.99. The first kappa shape index (κ1) is 39.3. The Morgan fingerprint density at radius 3 is 2.44 bits per heavy atom. The predicted molar refractivity (Wildman–Crippen MR) is 199 cm³/mol. The lowest BCUT2D eigenvalue weighted by Gasteiger charge is -2.23. The minimum absolute atomic E-state index is 0.00782. The molecule has 2 aromatic carbocycles. The van der Waals surface area contributed by atoms with Crippen molar-refractivity contribution in [2.45, 2.75) is 62.3 Å². The molecule has 52 heavy (non-hydrogen) atoms. The van der Waals surface area contributed by atoms with Crippen LogP contribution in [0.3, 0.4) is 0 Å². The highest BCUT2D eigenvalue weighted by atomic mass is 32.2. The van der Waals surface area contributed by atoms with E-state index >= 15 is 0 Å². The van der Waals surface area contributed by atoms with Gasteiger partial charge in [-0.2, -0.15) is 9.78 Å². The first-order valence-corrected chi connectivity index (χ1v) is 17.7. The largest absolute Gasteiger partial charge is 0.481 e. The van der Waals surface area contributed by atoms with E-state index in [-0.39, 0.29) is 56.7 Å². The van der Waals surface area contributed by atoms with Crippen LogP contribution in [0.5, 0.6) is 0 Å². The summed E-state index contributed by atoms with van der Waals surface area (Å²) in [6.45, 7) is 6.96. The Bertz CT molecular complexity index is 1940. The van der Waals surface area contributed by atoms with Crippen molar-refractivity contribution < 1.29 is 33.8 Å². The Hall–Kier alpha value is -5.50. The summed E-state index contributed by atoms with van der Waals surface area (Å²) in [4.78, 5) is 70.4. The molecular formula is C38H44N6O7S. The van der Waals surface area contributed by atoms with Crippen LogP contribution < -0.4 is 10.6 Å². The quantitative estimate of drug-likeness (QED) is 0.128. The van der Waals surface area contributed by atoms with E-state index < -0.39 is 23.5 Å². The number of fused-ring (bicyclic) bond motifs is 1. The number of nitrogens with one attached hydrogen (secondary N) is 2. The fourth-order valence-electron chi connectivity index (χ4n) is 5.05. The molecule has 2 aromatic heterocycles. The van der Waals surface area contributed by atoms with Crippen molar-refractivity contribution in [3.8, 4) is 0 Å². The zero-order valence-corrected chi connectivity index (χ0v) is 30.7. The number of carbonyl (C=O) groups is 5. The maximum atomic E-state index is 14.2. The molecule has 274 valence electrons. The number of hydrogen-bond donors (Lipinski definition) is 3. The second-order valence-electron chi connectivity index (χ2n) is 13.0. The lowest BCUT2D eigenvalue weighted by molar-refractivity contribution is -0.159. The Balaban J connectivity index is 1.59. The van der Waals surface area contributed by atoms with E-state index in [2.05, 4.69) is 20.7 Å². The summed E-state index contributed by atoms with van der Waals surface area (Å²) in [5.41, 5.74) is 1.51. The van der Waals surface area contributed by atoms with Crippen LogP contribution in [0.4, 0.5) is 4.79 Å². The van der Waals surface area contributed by atoms with Gasteiger partial charge in [0.15, 0.2) is 0 Å². The number of nitrogens with zero attached hydrogens (tertiary/aromatic N) is 4. The van der Waals surface area contributed by atoms with Gasteiger partial charge >= 0.3 is 18.0 Å². The van der Waals surface area contributed by atoms with Crippen LogP contribution in [0.25, 0.3) is 23.1 Å². The van der Waals surface area contributed by atoms with Gasteiger partial charge in [-0.15, -0.1) is 0 Å². The second-order valence-corrected chi connectivity index (χ2v) is 14.1. The summed E-state index contributed by atoms with van der Waals surface area (Å²) in [6.07, 6.45) is 5.23. The maximum absolute atomic E-state index is 14.2. The summed E-state index contributed by atoms with van der Waals surface area (Å²) in [5.74, 6) is -2.50. The molecule has 14 heteroatoms. The average molecular weight is 729 g/mol. The van der Waals surface area contributed by atoms with Crippen LogP contribution in [0.1, 0.15) is 68.7 Å². The molecule has 0 saturated carbocycles. The van der Waals surface area contributed by atoms with Gasteiger partial charge in [0.05, 0.1) is 34.8 Å². The molecule has 1 atom stereocenters. The predicted octanol–water partition coefficient (Wildman–Crippen LogP) is 5.73. The van der Waals surface area contributed by atoms with Crippen molar-refractivity contribution in [1.29, 1.82) is 0 Å². The summed E-state index contributed by atoms with van der Waals surface area (Å²) in [7, 11) is 1.56. The number of carboxylic acids is 1. The van der Waals surface area contributed by atoms with Crippen molar-refractivity contribution in [3.05, 3.63) is 83.8 Å². The number of carbonyl (C=O) groups excluding carboxylic acids is 4. The van der Waals surface area contributed by atoms with Gasteiger partial charge in [-0.05, 0) is 81.8 Å². The number of rotatable bonds is 15. The van der Waals surface area contributed by atoms with Crippen LogP contribution in [-0.2, 0) is 19.1 Å². The van der Waals surface area contributed by atoms with Gasteiger partial charge in [0.25, 0.3) is 5.91 Å². The molecular weight excluding hydrogens is 685 g/mol. The first-order valence-electron chi connectivity index (χ1n) is 16.9. The topological polar surface area (TPSA) is 173 Å². The van der Waals surface area contributed by atoms with Gasteiger partial charge in [0, 0.05) is 54.5 Å². The van der Waals surface area contributed by atoms with Gasteiger partial charge in [-0.3, -0.25) is 24.2 Å². The van der Waals surface area contributed by atoms with Gasteiger partial charge < -0.3 is 25.4 Å². The van der Waals surface area contributed by atoms with E-state index in [0.717, 1.165) is 4.90 Å². The van der Waals surface area contributed by atoms with E-state index in [1.165, 1.54) is 21.3 Å². The molecule has 0 unspecified atom stereocenters. The molecule has 0 aliphatic carbocycles. The highest BCUT2D eigenvalue weighted by Crippen LogP contribution is 2.34. The van der Waals surface area contributed by atoms with Gasteiger partial charge in [0.1, 0.15) is 5.60 Å². The van der Waals surface area contributed by atoms with Crippen LogP contribution in [0.2, 0.25) is 0 Å². The molecule has 2 heterocycles. The highest BCUT2D eigenvalue weighted by Gasteiger charge is 2.24. The van der Waals surface area contributed by atoms with Crippen molar-refractivity contribution in [1.82, 2.24) is 30.3 Å².